The van der Waals surface area contributed by atoms with E-state index in [9.17, 15) is 4.79 Å². The van der Waals surface area contributed by atoms with E-state index >= 15 is 0 Å². The summed E-state index contributed by atoms with van der Waals surface area (Å²) >= 11 is 5.69. The number of thiol groups is 1. The fourth-order valence-electron chi connectivity index (χ4n) is 1.34. The molecule has 0 bridgehead atoms. The Morgan fingerprint density at radius 1 is 1.50 bits per heavy atom. The van der Waals surface area contributed by atoms with Crippen LogP contribution in [0.3, 0.4) is 0 Å². The van der Waals surface area contributed by atoms with Gasteiger partial charge in [0.2, 0.25) is 0 Å². The Labute approximate surface area is 90.2 Å². The molecule has 0 saturated carbocycles. The number of hydrogen-bond acceptors (Lipinski definition) is 4. The van der Waals surface area contributed by atoms with Crippen molar-refractivity contribution in [3.8, 4) is 6.07 Å². The van der Waals surface area contributed by atoms with E-state index in [1.807, 2.05) is 5.38 Å². The maximum atomic E-state index is 10.8. The van der Waals surface area contributed by atoms with Crippen LogP contribution < -0.4 is 0 Å². The first kappa shape index (κ1) is 9.25. The molecule has 0 atom stereocenters. The molecule has 1 aromatic carbocycles. The summed E-state index contributed by atoms with van der Waals surface area (Å²) < 4.78 is 0.835. The van der Waals surface area contributed by atoms with Gasteiger partial charge in [-0.05, 0) is 12.1 Å². The number of aldehydes is 1. The predicted molar refractivity (Wildman–Crippen MR) is 59.2 cm³/mol. The van der Waals surface area contributed by atoms with Crippen LogP contribution in [0.5, 0.6) is 0 Å². The molecule has 0 aliphatic heterocycles. The van der Waals surface area contributed by atoms with Gasteiger partial charge in [-0.3, -0.25) is 4.79 Å². The highest BCUT2D eigenvalue weighted by Gasteiger charge is 2.09. The molecular formula is C10H5NOS2. The molecule has 0 unspecified atom stereocenters. The largest absolute Gasteiger partial charge is 0.298 e. The molecule has 0 amide bonds. The lowest BCUT2D eigenvalue weighted by atomic mass is 10.1. The number of fused-ring (bicyclic) bond motifs is 1. The third kappa shape index (κ3) is 1.22. The van der Waals surface area contributed by atoms with E-state index in [4.69, 9.17) is 5.26 Å². The fraction of sp³-hybridized carbons (Fsp3) is 0. The van der Waals surface area contributed by atoms with Gasteiger partial charge in [0.1, 0.15) is 6.07 Å². The second-order valence-corrected chi connectivity index (χ2v) is 4.12. The second kappa shape index (κ2) is 3.45. The summed E-state index contributed by atoms with van der Waals surface area (Å²) in [6.07, 6.45) is 0.788. The molecule has 0 radical (unpaired) electrons. The molecule has 0 saturated heterocycles. The van der Waals surface area contributed by atoms with Gasteiger partial charge in [0.05, 0.1) is 10.3 Å². The minimum absolute atomic E-state index is 0.588. The number of thiophene rings is 1. The molecule has 4 heteroatoms. The van der Waals surface area contributed by atoms with Gasteiger partial charge in [0, 0.05) is 21.2 Å². The van der Waals surface area contributed by atoms with Crippen molar-refractivity contribution in [2.24, 2.45) is 0 Å². The lowest BCUT2D eigenvalue weighted by Gasteiger charge is -1.97. The number of carbonyl (C=O) groups excluding carboxylic acids is 1. The minimum atomic E-state index is 0.588. The zero-order valence-electron chi connectivity index (χ0n) is 7.02. The Kier molecular flexibility index (Phi) is 2.28. The molecule has 2 rings (SSSR count). The van der Waals surface area contributed by atoms with Gasteiger partial charge in [0.15, 0.2) is 6.29 Å². The molecular weight excluding hydrogens is 214 g/mol. The Morgan fingerprint density at radius 3 is 2.93 bits per heavy atom. The Bertz CT molecular complexity index is 551. The number of hydrogen-bond donors (Lipinski definition) is 1. The fourth-order valence-corrected chi connectivity index (χ4v) is 2.75. The zero-order chi connectivity index (χ0) is 10.1. The Hall–Kier alpha value is -1.31. The Morgan fingerprint density at radius 2 is 2.29 bits per heavy atom. The first-order valence-electron chi connectivity index (χ1n) is 3.86. The van der Waals surface area contributed by atoms with Crippen LogP contribution in [-0.4, -0.2) is 6.29 Å². The van der Waals surface area contributed by atoms with Crippen LogP contribution in [0.15, 0.2) is 22.4 Å². The number of rotatable bonds is 1. The standard InChI is InChI=1S/C10H5NOS2/c11-3-6-1-2-7(4-12)9-8(13)5-14-10(6)9/h1-2,4-5,13H. The third-order valence-corrected chi connectivity index (χ3v) is 3.52. The van der Waals surface area contributed by atoms with Gasteiger partial charge in [0.25, 0.3) is 0 Å². The van der Waals surface area contributed by atoms with E-state index in [1.54, 1.807) is 12.1 Å². The molecule has 1 heterocycles. The first-order chi connectivity index (χ1) is 6.77. The number of carbonyl (C=O) groups is 1. The van der Waals surface area contributed by atoms with E-state index in [2.05, 4.69) is 18.7 Å². The number of benzene rings is 1. The molecule has 0 spiro atoms. The molecule has 0 aliphatic carbocycles. The number of nitriles is 1. The number of nitrogens with zero attached hydrogens (tertiary/aromatic N) is 1. The van der Waals surface area contributed by atoms with Crippen LogP contribution >= 0.6 is 24.0 Å². The summed E-state index contributed by atoms with van der Waals surface area (Å²) in [6, 6.07) is 5.41. The quantitative estimate of drug-likeness (QED) is 0.592. The van der Waals surface area contributed by atoms with Crippen LogP contribution in [0.2, 0.25) is 0 Å². The van der Waals surface area contributed by atoms with Crippen molar-refractivity contribution >= 4 is 40.3 Å². The molecule has 0 fully saturated rings. The molecule has 1 aromatic heterocycles. The van der Waals surface area contributed by atoms with E-state index in [0.717, 1.165) is 21.3 Å². The highest BCUT2D eigenvalue weighted by molar-refractivity contribution is 7.80. The lowest BCUT2D eigenvalue weighted by Crippen LogP contribution is -1.83. The smallest absolute Gasteiger partial charge is 0.150 e. The van der Waals surface area contributed by atoms with Gasteiger partial charge < -0.3 is 0 Å². The van der Waals surface area contributed by atoms with Crippen molar-refractivity contribution < 1.29 is 4.79 Å². The highest BCUT2D eigenvalue weighted by atomic mass is 32.1. The average Bonchev–Trinajstić information content (AvgIpc) is 2.60. The van der Waals surface area contributed by atoms with Crippen molar-refractivity contribution in [3.05, 3.63) is 28.6 Å². The maximum Gasteiger partial charge on any atom is 0.150 e. The van der Waals surface area contributed by atoms with E-state index in [1.165, 1.54) is 11.3 Å². The second-order valence-electron chi connectivity index (χ2n) is 2.76. The summed E-state index contributed by atoms with van der Waals surface area (Å²) in [7, 11) is 0. The van der Waals surface area contributed by atoms with E-state index in [-0.39, 0.29) is 0 Å². The van der Waals surface area contributed by atoms with Gasteiger partial charge in [-0.2, -0.15) is 5.26 Å². The van der Waals surface area contributed by atoms with Crippen LogP contribution in [0.4, 0.5) is 0 Å². The topological polar surface area (TPSA) is 40.9 Å². The predicted octanol–water partition coefficient (Wildman–Crippen LogP) is 2.87. The summed E-state index contributed by atoms with van der Waals surface area (Å²) in [5, 5.41) is 11.5. The monoisotopic (exact) mass is 219 g/mol. The SMILES string of the molecule is N#Cc1ccc(C=O)c2c(S)csc12. The first-order valence-corrected chi connectivity index (χ1v) is 5.19. The van der Waals surface area contributed by atoms with Crippen molar-refractivity contribution in [1.29, 1.82) is 5.26 Å². The van der Waals surface area contributed by atoms with Crippen molar-refractivity contribution in [1.82, 2.24) is 0 Å². The van der Waals surface area contributed by atoms with Gasteiger partial charge in [-0.1, -0.05) is 0 Å². The highest BCUT2D eigenvalue weighted by Crippen LogP contribution is 2.33. The van der Waals surface area contributed by atoms with Crippen LogP contribution in [0.1, 0.15) is 15.9 Å². The average molecular weight is 219 g/mol. The minimum Gasteiger partial charge on any atom is -0.298 e. The summed E-state index contributed by atoms with van der Waals surface area (Å²) in [6.45, 7) is 0. The van der Waals surface area contributed by atoms with Gasteiger partial charge >= 0.3 is 0 Å². The van der Waals surface area contributed by atoms with Gasteiger partial charge in [-0.15, -0.1) is 24.0 Å². The van der Waals surface area contributed by atoms with Crippen LogP contribution in [0.25, 0.3) is 10.1 Å². The molecule has 14 heavy (non-hydrogen) atoms. The van der Waals surface area contributed by atoms with Gasteiger partial charge in [-0.25, -0.2) is 0 Å². The van der Waals surface area contributed by atoms with Crippen molar-refractivity contribution in [2.75, 3.05) is 0 Å². The van der Waals surface area contributed by atoms with Crippen LogP contribution in [0, 0.1) is 11.3 Å². The van der Waals surface area contributed by atoms with Crippen molar-refractivity contribution in [2.45, 2.75) is 4.90 Å². The van der Waals surface area contributed by atoms with E-state index in [0.29, 0.717) is 11.1 Å². The summed E-state index contributed by atoms with van der Waals surface area (Å²) in [5.41, 5.74) is 1.18. The molecule has 2 aromatic rings. The van der Waals surface area contributed by atoms with Crippen LogP contribution in [-0.2, 0) is 0 Å². The van der Waals surface area contributed by atoms with E-state index < -0.39 is 0 Å². The van der Waals surface area contributed by atoms with Crippen molar-refractivity contribution in [3.63, 3.8) is 0 Å². The summed E-state index contributed by atoms with van der Waals surface area (Å²) in [5.74, 6) is 0. The maximum absolute atomic E-state index is 10.8. The molecule has 0 N–H and O–H groups in total. The zero-order valence-corrected chi connectivity index (χ0v) is 8.73. The lowest BCUT2D eigenvalue weighted by molar-refractivity contribution is 0.112. The molecule has 0 aliphatic rings. The molecule has 68 valence electrons. The third-order valence-electron chi connectivity index (χ3n) is 1.98. The molecule has 2 nitrogen and oxygen atoms in total. The normalized spacial score (nSPS) is 10.0. The summed E-state index contributed by atoms with van der Waals surface area (Å²) in [4.78, 5) is 11.5. The Balaban J connectivity index is 2.96.